The number of halogens is 1. The van der Waals surface area contributed by atoms with Crippen LogP contribution in [0.2, 0.25) is 5.02 Å². The predicted molar refractivity (Wildman–Crippen MR) is 60.3 cm³/mol. The molecule has 0 aliphatic rings. The van der Waals surface area contributed by atoms with Crippen molar-refractivity contribution in [2.75, 3.05) is 18.4 Å². The average Bonchev–Trinajstić information content (AvgIpc) is 2.20. The van der Waals surface area contributed by atoms with Crippen molar-refractivity contribution in [3.05, 3.63) is 33.3 Å². The Labute approximate surface area is 92.4 Å². The molecule has 1 rings (SSSR count). The molecule has 1 aromatic carbocycles. The molecular weight excluding hydrogens is 218 g/mol. The molecule has 0 radical (unpaired) electrons. The number of benzene rings is 1. The van der Waals surface area contributed by atoms with Gasteiger partial charge in [0, 0.05) is 18.3 Å². The molecule has 0 unspecified atom stereocenters. The number of nitrogens with two attached hydrogens (primary N) is 1. The van der Waals surface area contributed by atoms with E-state index in [9.17, 15) is 10.1 Å². The molecule has 82 valence electrons. The van der Waals surface area contributed by atoms with Gasteiger partial charge < -0.3 is 11.1 Å². The Morgan fingerprint density at radius 1 is 1.53 bits per heavy atom. The monoisotopic (exact) mass is 229 g/mol. The molecule has 0 amide bonds. The highest BCUT2D eigenvalue weighted by atomic mass is 35.5. The fourth-order valence-electron chi connectivity index (χ4n) is 1.10. The first-order valence-electron chi connectivity index (χ1n) is 4.53. The van der Waals surface area contributed by atoms with Crippen LogP contribution in [0.5, 0.6) is 0 Å². The molecule has 6 heteroatoms. The van der Waals surface area contributed by atoms with Crippen LogP contribution < -0.4 is 11.1 Å². The second-order valence-electron chi connectivity index (χ2n) is 2.99. The summed E-state index contributed by atoms with van der Waals surface area (Å²) >= 11 is 5.66. The van der Waals surface area contributed by atoms with Gasteiger partial charge in [-0.1, -0.05) is 11.6 Å². The van der Waals surface area contributed by atoms with Gasteiger partial charge in [0.05, 0.1) is 4.92 Å². The van der Waals surface area contributed by atoms with Crippen LogP contribution in [0.15, 0.2) is 18.2 Å². The van der Waals surface area contributed by atoms with Crippen LogP contribution in [0.1, 0.15) is 6.42 Å². The van der Waals surface area contributed by atoms with E-state index in [-0.39, 0.29) is 10.7 Å². The number of nitro groups is 1. The summed E-state index contributed by atoms with van der Waals surface area (Å²) in [6.07, 6.45) is 0.816. The Kier molecular flexibility index (Phi) is 4.33. The molecule has 0 fully saturated rings. The lowest BCUT2D eigenvalue weighted by Crippen LogP contribution is -2.08. The van der Waals surface area contributed by atoms with Crippen LogP contribution in [0.25, 0.3) is 0 Å². The van der Waals surface area contributed by atoms with E-state index in [0.29, 0.717) is 18.8 Å². The fourth-order valence-corrected chi connectivity index (χ4v) is 1.28. The maximum absolute atomic E-state index is 10.6. The molecule has 0 aliphatic heterocycles. The molecule has 1 aromatic rings. The molecule has 0 heterocycles. The maximum atomic E-state index is 10.6. The molecule has 0 saturated heterocycles. The standard InChI is InChI=1S/C9H12ClN3O2/c10-8-3-2-7(12-5-1-4-11)6-9(8)13(14)15/h2-3,6,12H,1,4-5,11H2. The lowest BCUT2D eigenvalue weighted by molar-refractivity contribution is -0.384. The first-order chi connectivity index (χ1) is 7.15. The summed E-state index contributed by atoms with van der Waals surface area (Å²) in [7, 11) is 0. The normalized spacial score (nSPS) is 10.0. The topological polar surface area (TPSA) is 81.2 Å². The van der Waals surface area contributed by atoms with Crippen molar-refractivity contribution in [1.29, 1.82) is 0 Å². The van der Waals surface area contributed by atoms with Crippen molar-refractivity contribution in [1.82, 2.24) is 0 Å². The van der Waals surface area contributed by atoms with E-state index in [4.69, 9.17) is 17.3 Å². The Morgan fingerprint density at radius 3 is 2.87 bits per heavy atom. The van der Waals surface area contributed by atoms with Gasteiger partial charge in [-0.3, -0.25) is 10.1 Å². The lowest BCUT2D eigenvalue weighted by atomic mass is 10.2. The zero-order valence-corrected chi connectivity index (χ0v) is 8.83. The van der Waals surface area contributed by atoms with Crippen molar-refractivity contribution in [2.24, 2.45) is 5.73 Å². The van der Waals surface area contributed by atoms with Crippen molar-refractivity contribution in [2.45, 2.75) is 6.42 Å². The number of hydrogen-bond acceptors (Lipinski definition) is 4. The Morgan fingerprint density at radius 2 is 2.27 bits per heavy atom. The number of hydrogen-bond donors (Lipinski definition) is 2. The highest BCUT2D eigenvalue weighted by molar-refractivity contribution is 6.32. The molecule has 0 aliphatic carbocycles. The summed E-state index contributed by atoms with van der Waals surface area (Å²) in [4.78, 5) is 10.1. The summed E-state index contributed by atoms with van der Waals surface area (Å²) in [5, 5.41) is 13.7. The van der Waals surface area contributed by atoms with E-state index in [1.807, 2.05) is 0 Å². The van der Waals surface area contributed by atoms with Crippen molar-refractivity contribution in [3.63, 3.8) is 0 Å². The summed E-state index contributed by atoms with van der Waals surface area (Å²) in [6, 6.07) is 4.62. The Hall–Kier alpha value is -1.33. The summed E-state index contributed by atoms with van der Waals surface area (Å²) < 4.78 is 0. The van der Waals surface area contributed by atoms with E-state index in [0.717, 1.165) is 6.42 Å². The van der Waals surface area contributed by atoms with Crippen LogP contribution in [0, 0.1) is 10.1 Å². The molecule has 0 atom stereocenters. The van der Waals surface area contributed by atoms with Crippen LogP contribution in [0.3, 0.4) is 0 Å². The minimum atomic E-state index is -0.504. The molecule has 5 nitrogen and oxygen atoms in total. The SMILES string of the molecule is NCCCNc1ccc(Cl)c([N+](=O)[O-])c1. The molecule has 0 saturated carbocycles. The van der Waals surface area contributed by atoms with Gasteiger partial charge in [-0.05, 0) is 25.1 Å². The van der Waals surface area contributed by atoms with Crippen LogP contribution >= 0.6 is 11.6 Å². The van der Waals surface area contributed by atoms with Gasteiger partial charge in [0.25, 0.3) is 5.69 Å². The smallest absolute Gasteiger partial charge is 0.289 e. The van der Waals surface area contributed by atoms with E-state index in [1.165, 1.54) is 12.1 Å². The average molecular weight is 230 g/mol. The van der Waals surface area contributed by atoms with Crippen LogP contribution in [0.4, 0.5) is 11.4 Å². The Balaban J connectivity index is 2.74. The van der Waals surface area contributed by atoms with E-state index in [2.05, 4.69) is 5.32 Å². The summed E-state index contributed by atoms with van der Waals surface area (Å²) in [6.45, 7) is 1.28. The quantitative estimate of drug-likeness (QED) is 0.460. The van der Waals surface area contributed by atoms with Gasteiger partial charge in [-0.15, -0.1) is 0 Å². The third-order valence-electron chi connectivity index (χ3n) is 1.85. The Bertz CT molecular complexity index is 357. The zero-order chi connectivity index (χ0) is 11.3. The van der Waals surface area contributed by atoms with Gasteiger partial charge in [-0.25, -0.2) is 0 Å². The minimum Gasteiger partial charge on any atom is -0.385 e. The molecule has 0 spiro atoms. The van der Waals surface area contributed by atoms with Gasteiger partial charge in [0.2, 0.25) is 0 Å². The van der Waals surface area contributed by atoms with Gasteiger partial charge in [0.1, 0.15) is 5.02 Å². The second kappa shape index (κ2) is 5.53. The van der Waals surface area contributed by atoms with Crippen LogP contribution in [-0.2, 0) is 0 Å². The van der Waals surface area contributed by atoms with Gasteiger partial charge in [0.15, 0.2) is 0 Å². The highest BCUT2D eigenvalue weighted by Gasteiger charge is 2.12. The molecule has 15 heavy (non-hydrogen) atoms. The largest absolute Gasteiger partial charge is 0.385 e. The lowest BCUT2D eigenvalue weighted by Gasteiger charge is -2.05. The summed E-state index contributed by atoms with van der Waals surface area (Å²) in [5.41, 5.74) is 5.92. The fraction of sp³-hybridized carbons (Fsp3) is 0.333. The number of anilines is 1. The van der Waals surface area contributed by atoms with E-state index in [1.54, 1.807) is 6.07 Å². The van der Waals surface area contributed by atoms with E-state index >= 15 is 0 Å². The molecular formula is C9H12ClN3O2. The zero-order valence-electron chi connectivity index (χ0n) is 8.07. The number of nitrogens with one attached hydrogen (secondary N) is 1. The maximum Gasteiger partial charge on any atom is 0.289 e. The second-order valence-corrected chi connectivity index (χ2v) is 3.40. The third kappa shape index (κ3) is 3.38. The van der Waals surface area contributed by atoms with Crippen LogP contribution in [-0.4, -0.2) is 18.0 Å². The first-order valence-corrected chi connectivity index (χ1v) is 4.91. The van der Waals surface area contributed by atoms with Crippen molar-refractivity contribution >= 4 is 23.0 Å². The first kappa shape index (κ1) is 11.7. The van der Waals surface area contributed by atoms with Gasteiger partial charge >= 0.3 is 0 Å². The number of nitrogens with zero attached hydrogens (tertiary/aromatic N) is 1. The highest BCUT2D eigenvalue weighted by Crippen LogP contribution is 2.27. The summed E-state index contributed by atoms with van der Waals surface area (Å²) in [5.74, 6) is 0. The number of rotatable bonds is 5. The molecule has 0 bridgehead atoms. The number of nitro benzene ring substituents is 1. The van der Waals surface area contributed by atoms with Crippen molar-refractivity contribution in [3.8, 4) is 0 Å². The van der Waals surface area contributed by atoms with Crippen molar-refractivity contribution < 1.29 is 4.92 Å². The predicted octanol–water partition coefficient (Wildman–Crippen LogP) is 2.01. The third-order valence-corrected chi connectivity index (χ3v) is 2.17. The van der Waals surface area contributed by atoms with E-state index < -0.39 is 4.92 Å². The molecule has 3 N–H and O–H groups in total. The van der Waals surface area contributed by atoms with Gasteiger partial charge in [-0.2, -0.15) is 0 Å². The molecule has 0 aromatic heterocycles. The minimum absolute atomic E-state index is 0.0885.